The van der Waals surface area contributed by atoms with Gasteiger partial charge in [-0.25, -0.2) is 9.97 Å². The normalized spacial score (nSPS) is 21.9. The van der Waals surface area contributed by atoms with E-state index in [1.165, 1.54) is 19.3 Å². The Morgan fingerprint density at radius 3 is 3.20 bits per heavy atom. The second-order valence-corrected chi connectivity index (χ2v) is 4.42. The lowest BCUT2D eigenvalue weighted by Crippen LogP contribution is -2.19. The smallest absolute Gasteiger partial charge is 0.148 e. The lowest BCUT2D eigenvalue weighted by atomic mass is 10.1. The summed E-state index contributed by atoms with van der Waals surface area (Å²) in [5, 5.41) is 3.85. The molecule has 0 aliphatic carbocycles. The molecule has 0 amide bonds. The van der Waals surface area contributed by atoms with Gasteiger partial charge in [0.2, 0.25) is 0 Å². The molecule has 0 saturated carbocycles. The molecule has 1 fully saturated rings. The van der Waals surface area contributed by atoms with Gasteiger partial charge in [0.05, 0.1) is 6.20 Å². The molecule has 0 radical (unpaired) electrons. The quantitative estimate of drug-likeness (QED) is 0.848. The first-order chi connectivity index (χ1) is 7.25. The van der Waals surface area contributed by atoms with Crippen molar-refractivity contribution in [3.05, 3.63) is 17.5 Å². The second kappa shape index (κ2) is 4.77. The molecule has 1 aromatic rings. The minimum atomic E-state index is 0.587. The van der Waals surface area contributed by atoms with Crippen LogP contribution in [0.25, 0.3) is 0 Å². The van der Waals surface area contributed by atoms with Crippen molar-refractivity contribution in [3.63, 3.8) is 0 Å². The van der Waals surface area contributed by atoms with Crippen LogP contribution < -0.4 is 5.32 Å². The Morgan fingerprint density at radius 2 is 2.53 bits per heavy atom. The first-order valence-electron chi connectivity index (χ1n) is 5.13. The van der Waals surface area contributed by atoms with E-state index in [2.05, 4.69) is 27.2 Å². The number of nitrogens with zero attached hydrogens (tertiary/aromatic N) is 3. The predicted octanol–water partition coefficient (Wildman–Crippen LogP) is 1.49. The Bertz CT molecular complexity index is 331. The minimum Gasteiger partial charge on any atom is -0.368 e. The average Bonchev–Trinajstić information content (AvgIpc) is 2.63. The molecule has 0 aromatic carbocycles. The summed E-state index contributed by atoms with van der Waals surface area (Å²) in [6, 6.07) is 0. The summed E-state index contributed by atoms with van der Waals surface area (Å²) < 4.78 is 0. The molecule has 1 atom stereocenters. The average molecular weight is 227 g/mol. The van der Waals surface area contributed by atoms with Crippen LogP contribution in [0, 0.1) is 5.92 Å². The Labute approximate surface area is 94.7 Å². The summed E-state index contributed by atoms with van der Waals surface area (Å²) in [4.78, 5) is 10.3. The fourth-order valence-corrected chi connectivity index (χ4v) is 2.05. The number of aromatic nitrogens is 2. The van der Waals surface area contributed by atoms with Crippen LogP contribution in [-0.4, -0.2) is 41.5 Å². The van der Waals surface area contributed by atoms with Gasteiger partial charge in [-0.3, -0.25) is 0 Å². The van der Waals surface area contributed by atoms with E-state index in [-0.39, 0.29) is 0 Å². The predicted molar refractivity (Wildman–Crippen MR) is 61.1 cm³/mol. The highest BCUT2D eigenvalue weighted by Gasteiger charge is 2.19. The molecular weight excluding hydrogens is 212 g/mol. The number of halogens is 1. The number of hydrogen-bond donors (Lipinski definition) is 1. The molecule has 2 heterocycles. The standard InChI is InChI=1S/C10H15ClN4/c1-15-3-2-8(6-15)4-13-10-9(11)5-12-7-14-10/h5,7-8H,2-4,6H2,1H3,(H,12,13,14). The van der Waals surface area contributed by atoms with Gasteiger partial charge in [0.25, 0.3) is 0 Å². The maximum atomic E-state index is 5.94. The molecule has 2 rings (SSSR count). The van der Waals surface area contributed by atoms with Crippen LogP contribution in [0.4, 0.5) is 5.82 Å². The molecule has 1 saturated heterocycles. The van der Waals surface area contributed by atoms with Crippen molar-refractivity contribution in [2.45, 2.75) is 6.42 Å². The van der Waals surface area contributed by atoms with Gasteiger partial charge >= 0.3 is 0 Å². The lowest BCUT2D eigenvalue weighted by Gasteiger charge is -2.12. The summed E-state index contributed by atoms with van der Waals surface area (Å²) in [7, 11) is 2.15. The van der Waals surface area contributed by atoms with Crippen LogP contribution in [0.15, 0.2) is 12.5 Å². The van der Waals surface area contributed by atoms with Crippen LogP contribution in [-0.2, 0) is 0 Å². The van der Waals surface area contributed by atoms with E-state index in [1.54, 1.807) is 6.20 Å². The van der Waals surface area contributed by atoms with Gasteiger partial charge < -0.3 is 10.2 Å². The number of likely N-dealkylation sites (tertiary alicyclic amines) is 1. The molecule has 1 aromatic heterocycles. The van der Waals surface area contributed by atoms with Crippen LogP contribution in [0.5, 0.6) is 0 Å². The van der Waals surface area contributed by atoms with E-state index < -0.39 is 0 Å². The van der Waals surface area contributed by atoms with E-state index in [4.69, 9.17) is 11.6 Å². The first kappa shape index (κ1) is 10.6. The van der Waals surface area contributed by atoms with Gasteiger partial charge in [-0.05, 0) is 25.9 Å². The highest BCUT2D eigenvalue weighted by atomic mass is 35.5. The fourth-order valence-electron chi connectivity index (χ4n) is 1.88. The molecule has 0 bridgehead atoms. The van der Waals surface area contributed by atoms with Crippen LogP contribution >= 0.6 is 11.6 Å². The number of rotatable bonds is 3. The van der Waals surface area contributed by atoms with Gasteiger partial charge in [-0.15, -0.1) is 0 Å². The van der Waals surface area contributed by atoms with E-state index in [0.717, 1.165) is 18.9 Å². The third kappa shape index (κ3) is 2.79. The minimum absolute atomic E-state index is 0.587. The van der Waals surface area contributed by atoms with Gasteiger partial charge in [0.15, 0.2) is 0 Å². The highest BCUT2D eigenvalue weighted by molar-refractivity contribution is 6.32. The Hall–Kier alpha value is -0.870. The van der Waals surface area contributed by atoms with Gasteiger partial charge in [-0.2, -0.15) is 0 Å². The third-order valence-electron chi connectivity index (χ3n) is 2.71. The highest BCUT2D eigenvalue weighted by Crippen LogP contribution is 2.19. The van der Waals surface area contributed by atoms with Crippen LogP contribution in [0.2, 0.25) is 5.02 Å². The molecule has 1 aliphatic rings. The molecule has 1 aliphatic heterocycles. The molecule has 1 N–H and O–H groups in total. The third-order valence-corrected chi connectivity index (χ3v) is 2.99. The fraction of sp³-hybridized carbons (Fsp3) is 0.600. The van der Waals surface area contributed by atoms with Gasteiger partial charge in [-0.1, -0.05) is 11.6 Å². The van der Waals surface area contributed by atoms with Crippen molar-refractivity contribution in [3.8, 4) is 0 Å². The SMILES string of the molecule is CN1CCC(CNc2ncncc2Cl)C1. The summed E-state index contributed by atoms with van der Waals surface area (Å²) in [5.41, 5.74) is 0. The number of anilines is 1. The zero-order valence-corrected chi connectivity index (χ0v) is 9.54. The molecule has 82 valence electrons. The molecule has 0 spiro atoms. The maximum Gasteiger partial charge on any atom is 0.148 e. The second-order valence-electron chi connectivity index (χ2n) is 4.02. The van der Waals surface area contributed by atoms with Crippen molar-refractivity contribution in [1.29, 1.82) is 0 Å². The summed E-state index contributed by atoms with van der Waals surface area (Å²) >= 11 is 5.94. The van der Waals surface area contributed by atoms with Crippen molar-refractivity contribution in [2.24, 2.45) is 5.92 Å². The summed E-state index contributed by atoms with van der Waals surface area (Å²) in [6.45, 7) is 3.26. The first-order valence-corrected chi connectivity index (χ1v) is 5.51. The van der Waals surface area contributed by atoms with Crippen LogP contribution in [0.1, 0.15) is 6.42 Å². The van der Waals surface area contributed by atoms with Crippen LogP contribution in [0.3, 0.4) is 0 Å². The van der Waals surface area contributed by atoms with E-state index in [1.807, 2.05) is 0 Å². The van der Waals surface area contributed by atoms with Gasteiger partial charge in [0, 0.05) is 13.1 Å². The van der Waals surface area contributed by atoms with E-state index in [9.17, 15) is 0 Å². The molecule has 5 heteroatoms. The van der Waals surface area contributed by atoms with Crippen molar-refractivity contribution in [2.75, 3.05) is 32.0 Å². The van der Waals surface area contributed by atoms with Gasteiger partial charge in [0.1, 0.15) is 17.2 Å². The lowest BCUT2D eigenvalue weighted by molar-refractivity contribution is 0.399. The monoisotopic (exact) mass is 226 g/mol. The number of nitrogens with one attached hydrogen (secondary N) is 1. The zero-order valence-electron chi connectivity index (χ0n) is 8.78. The van der Waals surface area contributed by atoms with Crippen molar-refractivity contribution in [1.82, 2.24) is 14.9 Å². The number of hydrogen-bond acceptors (Lipinski definition) is 4. The Kier molecular flexibility index (Phi) is 3.38. The largest absolute Gasteiger partial charge is 0.368 e. The Morgan fingerprint density at radius 1 is 1.67 bits per heavy atom. The summed E-state index contributed by atoms with van der Waals surface area (Å²) in [5.74, 6) is 1.43. The summed E-state index contributed by atoms with van der Waals surface area (Å²) in [6.07, 6.45) is 4.36. The van der Waals surface area contributed by atoms with E-state index in [0.29, 0.717) is 10.9 Å². The topological polar surface area (TPSA) is 41.0 Å². The Balaban J connectivity index is 1.86. The molecule has 4 nitrogen and oxygen atoms in total. The molecular formula is C10H15ClN4. The molecule has 15 heavy (non-hydrogen) atoms. The maximum absolute atomic E-state index is 5.94. The van der Waals surface area contributed by atoms with E-state index >= 15 is 0 Å². The van der Waals surface area contributed by atoms with Crippen molar-refractivity contribution >= 4 is 17.4 Å². The zero-order chi connectivity index (χ0) is 10.7. The van der Waals surface area contributed by atoms with Crippen molar-refractivity contribution < 1.29 is 0 Å². The molecule has 1 unspecified atom stereocenters.